The van der Waals surface area contributed by atoms with E-state index in [-0.39, 0.29) is 1.43 Å². The monoisotopic (exact) mass is 434 g/mol. The van der Waals surface area contributed by atoms with Crippen LogP contribution in [-0.4, -0.2) is 39.0 Å². The average Bonchev–Trinajstić information content (AvgIpc) is 2.49. The van der Waals surface area contributed by atoms with Gasteiger partial charge in [0.25, 0.3) is 0 Å². The first-order chi connectivity index (χ1) is 11.7. The molecule has 26 heavy (non-hydrogen) atoms. The summed E-state index contributed by atoms with van der Waals surface area (Å²) >= 11 is 0. The van der Waals surface area contributed by atoms with Crippen molar-refractivity contribution in [3.05, 3.63) is 12.2 Å². The second-order valence-corrected chi connectivity index (χ2v) is 27.4. The smallest absolute Gasteiger partial charge is 0.321 e. The van der Waals surface area contributed by atoms with Gasteiger partial charge >= 0.3 is 8.56 Å². The van der Waals surface area contributed by atoms with E-state index in [2.05, 4.69) is 75.1 Å². The Morgan fingerprint density at radius 1 is 1.31 bits per heavy atom. The summed E-state index contributed by atoms with van der Waals surface area (Å²) in [6.45, 7) is 26.9. The van der Waals surface area contributed by atoms with Gasteiger partial charge in [0.2, 0.25) is 0 Å². The molecular weight excluding hydrogens is 389 g/mol. The first-order valence-electron chi connectivity index (χ1n) is 10.5. The normalized spacial score (nSPS) is 36.2. The van der Waals surface area contributed by atoms with Gasteiger partial charge in [0.05, 0.1) is 0 Å². The van der Waals surface area contributed by atoms with Crippen LogP contribution >= 0.6 is 0 Å². The molecule has 1 heterocycles. The zero-order chi connectivity index (χ0) is 20.5. The van der Waals surface area contributed by atoms with E-state index in [0.29, 0.717) is 21.4 Å². The van der Waals surface area contributed by atoms with Crippen molar-refractivity contribution in [2.45, 2.75) is 108 Å². The zero-order valence-corrected chi connectivity index (χ0v) is 23.1. The van der Waals surface area contributed by atoms with Crippen molar-refractivity contribution >= 4 is 34.2 Å². The highest BCUT2D eigenvalue weighted by Gasteiger charge is 2.60. The summed E-state index contributed by atoms with van der Waals surface area (Å²) in [5.74, 6) is 0. The third-order valence-electron chi connectivity index (χ3n) is 7.09. The molecule has 1 rings (SSSR count). The highest BCUT2D eigenvalue weighted by molar-refractivity contribution is 7.01. The van der Waals surface area contributed by atoms with Crippen LogP contribution in [-0.2, 0) is 8.23 Å². The molecular formula is C19H46O3Si4. The number of allylic oxidation sites excluding steroid dienone is 1. The number of rotatable bonds is 8. The van der Waals surface area contributed by atoms with Crippen molar-refractivity contribution in [2.75, 3.05) is 0 Å². The van der Waals surface area contributed by atoms with Gasteiger partial charge in [-0.2, -0.15) is 0 Å². The second kappa shape index (κ2) is 8.88. The summed E-state index contributed by atoms with van der Waals surface area (Å²) in [6, 6.07) is 1.98. The van der Waals surface area contributed by atoms with Crippen molar-refractivity contribution in [1.82, 2.24) is 0 Å². The number of hydrogen-bond donors (Lipinski definition) is 1. The molecule has 6 unspecified atom stereocenters. The average molecular weight is 435 g/mol. The lowest BCUT2D eigenvalue weighted by molar-refractivity contribution is 0.337. The Morgan fingerprint density at radius 2 is 1.85 bits per heavy atom. The topological polar surface area (TPSA) is 38.7 Å². The Kier molecular flexibility index (Phi) is 8.38. The Morgan fingerprint density at radius 3 is 2.23 bits per heavy atom. The van der Waals surface area contributed by atoms with Gasteiger partial charge in [0, 0.05) is 7.47 Å². The van der Waals surface area contributed by atoms with E-state index in [1.54, 1.807) is 0 Å². The molecule has 0 saturated carbocycles. The van der Waals surface area contributed by atoms with E-state index < -0.39 is 34.2 Å². The highest BCUT2D eigenvalue weighted by atomic mass is 28.5. The molecule has 0 spiro atoms. The lowest BCUT2D eigenvalue weighted by Crippen LogP contribution is -2.68. The van der Waals surface area contributed by atoms with Crippen LogP contribution in [0.4, 0.5) is 0 Å². The van der Waals surface area contributed by atoms with Crippen LogP contribution in [0, 0.1) is 0 Å². The minimum absolute atomic E-state index is 0. The molecule has 3 nitrogen and oxygen atoms in total. The molecule has 0 aromatic carbocycles. The van der Waals surface area contributed by atoms with Gasteiger partial charge < -0.3 is 13.0 Å². The van der Waals surface area contributed by atoms with Crippen LogP contribution in [0.3, 0.4) is 0 Å². The molecule has 0 aromatic rings. The SMILES string of the molecule is C=C(C)C[Si]1(CCC)O[SiH](C(C)[Si](C)(O)C(C)C)C(C)[Si](C)(C(C)C)O1.[HH]. The van der Waals surface area contributed by atoms with Gasteiger partial charge in [0.1, 0.15) is 0 Å². The Bertz CT molecular complexity index is 499. The molecule has 0 amide bonds. The van der Waals surface area contributed by atoms with Crippen LogP contribution in [0.1, 0.15) is 63.2 Å². The van der Waals surface area contributed by atoms with Crippen LogP contribution in [0.2, 0.25) is 46.6 Å². The first kappa shape index (κ1) is 24.5. The molecule has 1 fully saturated rings. The molecule has 0 aromatic heterocycles. The van der Waals surface area contributed by atoms with E-state index in [1.807, 2.05) is 0 Å². The molecule has 0 radical (unpaired) electrons. The van der Waals surface area contributed by atoms with Gasteiger partial charge in [-0.3, -0.25) is 0 Å². The van der Waals surface area contributed by atoms with Crippen molar-refractivity contribution in [3.63, 3.8) is 0 Å². The summed E-state index contributed by atoms with van der Waals surface area (Å²) in [5.41, 5.74) is 2.12. The van der Waals surface area contributed by atoms with Crippen molar-refractivity contribution in [1.29, 1.82) is 0 Å². The van der Waals surface area contributed by atoms with Crippen LogP contribution in [0.5, 0.6) is 0 Å². The fourth-order valence-corrected chi connectivity index (χ4v) is 31.5. The summed E-state index contributed by atoms with van der Waals surface area (Å²) < 4.78 is 14.2. The predicted molar refractivity (Wildman–Crippen MR) is 126 cm³/mol. The largest absolute Gasteiger partial charge is 0.438 e. The van der Waals surface area contributed by atoms with Gasteiger partial charge in [-0.15, -0.1) is 6.58 Å². The molecule has 156 valence electrons. The summed E-state index contributed by atoms with van der Waals surface area (Å²) in [7, 11) is -8.17. The van der Waals surface area contributed by atoms with E-state index in [1.165, 1.54) is 5.57 Å². The molecule has 1 N–H and O–H groups in total. The minimum atomic E-state index is -2.33. The van der Waals surface area contributed by atoms with Crippen molar-refractivity contribution < 1.29 is 14.5 Å². The first-order valence-corrected chi connectivity index (χ1v) is 19.7. The maximum absolute atomic E-state index is 11.4. The fraction of sp³-hybridized carbons (Fsp3) is 0.895. The fourth-order valence-electron chi connectivity index (χ4n) is 4.35. The summed E-state index contributed by atoms with van der Waals surface area (Å²) in [4.78, 5) is 11.4. The molecule has 1 aliphatic rings. The lowest BCUT2D eigenvalue weighted by Gasteiger charge is -2.55. The zero-order valence-electron chi connectivity index (χ0n) is 19.0. The standard InChI is InChI=1S/C19H44O3Si4.H2/c1-12-13-26(14-15(2)3)21-23(18(8)24(10,20)16(4)5)19(9)25(11,22-26)17(6)7;/h16-20,23H,2,12-14H2,1,3-11H3;1H. The van der Waals surface area contributed by atoms with E-state index in [4.69, 9.17) is 8.23 Å². The van der Waals surface area contributed by atoms with E-state index in [0.717, 1.165) is 18.5 Å². The van der Waals surface area contributed by atoms with Crippen LogP contribution in [0.25, 0.3) is 0 Å². The third-order valence-corrected chi connectivity index (χ3v) is 31.8. The van der Waals surface area contributed by atoms with Crippen LogP contribution in [0.15, 0.2) is 12.2 Å². The van der Waals surface area contributed by atoms with Gasteiger partial charge in [-0.05, 0) is 47.5 Å². The Labute approximate surface area is 169 Å². The van der Waals surface area contributed by atoms with Gasteiger partial charge in [-0.1, -0.05) is 60.5 Å². The van der Waals surface area contributed by atoms with Crippen molar-refractivity contribution in [3.8, 4) is 0 Å². The summed E-state index contributed by atoms with van der Waals surface area (Å²) in [6.07, 6.45) is 1.10. The van der Waals surface area contributed by atoms with Crippen molar-refractivity contribution in [2.24, 2.45) is 0 Å². The second-order valence-electron chi connectivity index (χ2n) is 9.78. The van der Waals surface area contributed by atoms with E-state index in [9.17, 15) is 4.80 Å². The maximum atomic E-state index is 11.4. The number of hydrogen-bond acceptors (Lipinski definition) is 3. The minimum Gasteiger partial charge on any atom is -0.438 e. The molecule has 0 bridgehead atoms. The predicted octanol–water partition coefficient (Wildman–Crippen LogP) is 6.25. The van der Waals surface area contributed by atoms with E-state index >= 15 is 0 Å². The molecule has 1 aliphatic heterocycles. The van der Waals surface area contributed by atoms with Crippen LogP contribution < -0.4 is 0 Å². The molecule has 0 aliphatic carbocycles. The summed E-state index contributed by atoms with van der Waals surface area (Å²) in [5, 5.41) is 0.874. The molecule has 6 atom stereocenters. The molecule has 1 saturated heterocycles. The maximum Gasteiger partial charge on any atom is 0.321 e. The van der Waals surface area contributed by atoms with Gasteiger partial charge in [0.15, 0.2) is 25.7 Å². The molecule has 7 heteroatoms. The lowest BCUT2D eigenvalue weighted by atomic mass is 10.4. The van der Waals surface area contributed by atoms with Gasteiger partial charge in [-0.25, -0.2) is 0 Å². The quantitative estimate of drug-likeness (QED) is 0.362. The third kappa shape index (κ3) is 4.90. The Hall–Kier alpha value is 0.488. The Balaban J connectivity index is 0.00000676. The highest BCUT2D eigenvalue weighted by Crippen LogP contribution is 2.50.